The van der Waals surface area contributed by atoms with Crippen LogP contribution in [0.2, 0.25) is 0 Å². The summed E-state index contributed by atoms with van der Waals surface area (Å²) in [6.07, 6.45) is 3.31. The molecule has 0 atom stereocenters. The summed E-state index contributed by atoms with van der Waals surface area (Å²) in [5.41, 5.74) is 3.53. The maximum atomic E-state index is 13.5. The van der Waals surface area contributed by atoms with Gasteiger partial charge in [-0.05, 0) is 68.2 Å². The van der Waals surface area contributed by atoms with E-state index in [2.05, 4.69) is 28.3 Å². The number of thiophene rings is 1. The lowest BCUT2D eigenvalue weighted by molar-refractivity contribution is 0.186. The van der Waals surface area contributed by atoms with E-state index >= 15 is 0 Å². The number of hydrogen-bond acceptors (Lipinski definition) is 3. The molecule has 1 fully saturated rings. The average molecular weight is 367 g/mol. The highest BCUT2D eigenvalue weighted by atomic mass is 32.1. The van der Waals surface area contributed by atoms with Crippen molar-refractivity contribution in [2.24, 2.45) is 4.99 Å². The van der Waals surface area contributed by atoms with Gasteiger partial charge in [-0.2, -0.15) is 0 Å². The second kappa shape index (κ2) is 9.27. The summed E-state index contributed by atoms with van der Waals surface area (Å²) in [5, 5.41) is 2.09. The molecule has 138 valence electrons. The van der Waals surface area contributed by atoms with Crippen molar-refractivity contribution in [1.29, 1.82) is 0 Å². The van der Waals surface area contributed by atoms with E-state index in [0.29, 0.717) is 17.7 Å². The zero-order chi connectivity index (χ0) is 18.4. The lowest BCUT2D eigenvalue weighted by atomic mass is 10.1. The lowest BCUT2D eigenvalue weighted by Gasteiger charge is -2.18. The fraction of sp³-hybridized carbons (Fsp3) is 0.550. The number of aliphatic imine (C=N–C) groups is 1. The Balaban J connectivity index is 2.47. The molecule has 2 nitrogen and oxygen atoms in total. The number of alkyl halides is 2. The Morgan fingerprint density at radius 3 is 2.48 bits per heavy atom. The van der Waals surface area contributed by atoms with E-state index in [0.717, 1.165) is 30.1 Å². The van der Waals surface area contributed by atoms with Crippen molar-refractivity contribution >= 4 is 17.0 Å². The summed E-state index contributed by atoms with van der Waals surface area (Å²) in [5.74, 6) is 0. The molecule has 0 bridgehead atoms. The van der Waals surface area contributed by atoms with E-state index in [4.69, 9.17) is 0 Å². The number of allylic oxidation sites excluding steroid dienone is 4. The van der Waals surface area contributed by atoms with Crippen LogP contribution < -0.4 is 0 Å². The molecule has 0 unspecified atom stereocenters. The molecule has 0 amide bonds. The second-order valence-electron chi connectivity index (χ2n) is 6.47. The van der Waals surface area contributed by atoms with Gasteiger partial charge in [-0.25, -0.2) is 13.8 Å². The zero-order valence-electron chi connectivity index (χ0n) is 15.6. The minimum Gasteiger partial charge on any atom is -0.375 e. The van der Waals surface area contributed by atoms with Gasteiger partial charge in [0.15, 0.2) is 0 Å². The van der Waals surface area contributed by atoms with E-state index in [9.17, 15) is 8.78 Å². The Morgan fingerprint density at radius 2 is 1.96 bits per heavy atom. The van der Waals surface area contributed by atoms with E-state index in [-0.39, 0.29) is 5.70 Å². The number of hydrogen-bond donors (Lipinski definition) is 0. The molecule has 0 aliphatic carbocycles. The molecule has 1 aromatic rings. The molecule has 0 N–H and O–H groups in total. The van der Waals surface area contributed by atoms with Gasteiger partial charge in [-0.15, -0.1) is 11.3 Å². The van der Waals surface area contributed by atoms with Crippen LogP contribution in [0.3, 0.4) is 0 Å². The maximum absolute atomic E-state index is 13.5. The SMILES string of the molecule is CC/C(C)=C(/N=C(\C=C(/C)N1CCCC1)c1cc(CC)cs1)C(F)F. The van der Waals surface area contributed by atoms with E-state index in [1.807, 2.05) is 19.9 Å². The normalized spacial score (nSPS) is 17.5. The van der Waals surface area contributed by atoms with Crippen molar-refractivity contribution in [3.8, 4) is 0 Å². The maximum Gasteiger partial charge on any atom is 0.280 e. The molecule has 0 saturated carbocycles. The van der Waals surface area contributed by atoms with Crippen molar-refractivity contribution < 1.29 is 8.78 Å². The molecule has 5 heteroatoms. The van der Waals surface area contributed by atoms with Crippen molar-refractivity contribution in [1.82, 2.24) is 4.90 Å². The van der Waals surface area contributed by atoms with Gasteiger partial charge in [0, 0.05) is 18.8 Å². The zero-order valence-corrected chi connectivity index (χ0v) is 16.4. The van der Waals surface area contributed by atoms with Crippen LogP contribution in [-0.2, 0) is 6.42 Å². The van der Waals surface area contributed by atoms with Crippen LogP contribution in [0.15, 0.2) is 39.5 Å². The Bertz CT molecular complexity index is 665. The molecule has 2 heterocycles. The average Bonchev–Trinajstić information content (AvgIpc) is 3.28. The van der Waals surface area contributed by atoms with E-state index in [1.165, 1.54) is 18.4 Å². The third-order valence-electron chi connectivity index (χ3n) is 4.68. The fourth-order valence-electron chi connectivity index (χ4n) is 2.85. The van der Waals surface area contributed by atoms with Gasteiger partial charge in [0.25, 0.3) is 6.43 Å². The standard InChI is InChI=1S/C20H28F2N2S/c1-5-14(3)19(20(21)22)23-17(18-12-16(6-2)13-25-18)11-15(4)24-9-7-8-10-24/h11-13,20H,5-10H2,1-4H3/b15-11+,19-14+,23-17+. The number of rotatable bonds is 7. The predicted molar refractivity (Wildman–Crippen MR) is 104 cm³/mol. The van der Waals surface area contributed by atoms with Crippen LogP contribution >= 0.6 is 11.3 Å². The molecule has 0 spiro atoms. The molecule has 1 saturated heterocycles. The van der Waals surface area contributed by atoms with Crippen LogP contribution in [0.1, 0.15) is 57.4 Å². The van der Waals surface area contributed by atoms with Gasteiger partial charge in [0.05, 0.1) is 10.6 Å². The van der Waals surface area contributed by atoms with E-state index in [1.54, 1.807) is 18.3 Å². The van der Waals surface area contributed by atoms with Gasteiger partial charge >= 0.3 is 0 Å². The topological polar surface area (TPSA) is 15.6 Å². The number of likely N-dealkylation sites (tertiary alicyclic amines) is 1. The molecule has 25 heavy (non-hydrogen) atoms. The van der Waals surface area contributed by atoms with E-state index < -0.39 is 6.43 Å². The molecule has 1 aliphatic rings. The summed E-state index contributed by atoms with van der Waals surface area (Å²) in [4.78, 5) is 7.69. The van der Waals surface area contributed by atoms with Crippen LogP contribution in [0, 0.1) is 0 Å². The summed E-state index contributed by atoms with van der Waals surface area (Å²) < 4.78 is 27.1. The Labute approximate surface area is 154 Å². The van der Waals surface area contributed by atoms with Crippen LogP contribution in [0.4, 0.5) is 8.78 Å². The second-order valence-corrected chi connectivity index (χ2v) is 7.38. The van der Waals surface area contributed by atoms with Crippen LogP contribution in [0.25, 0.3) is 0 Å². The van der Waals surface area contributed by atoms with Crippen LogP contribution in [-0.4, -0.2) is 30.1 Å². The Morgan fingerprint density at radius 1 is 1.28 bits per heavy atom. The molecule has 1 aromatic heterocycles. The highest BCUT2D eigenvalue weighted by Gasteiger charge is 2.17. The van der Waals surface area contributed by atoms with Crippen molar-refractivity contribution in [2.45, 2.75) is 59.8 Å². The van der Waals surface area contributed by atoms with Crippen LogP contribution in [0.5, 0.6) is 0 Å². The highest BCUT2D eigenvalue weighted by Crippen LogP contribution is 2.24. The largest absolute Gasteiger partial charge is 0.375 e. The first-order chi connectivity index (χ1) is 12.0. The summed E-state index contributed by atoms with van der Waals surface area (Å²) in [6, 6.07) is 2.07. The Kier molecular flexibility index (Phi) is 7.36. The minimum absolute atomic E-state index is 0.0885. The lowest BCUT2D eigenvalue weighted by Crippen LogP contribution is -2.17. The molecule has 0 aromatic carbocycles. The molecule has 0 radical (unpaired) electrons. The first-order valence-electron chi connectivity index (χ1n) is 9.03. The third-order valence-corrected chi connectivity index (χ3v) is 5.68. The van der Waals surface area contributed by atoms with Crippen molar-refractivity contribution in [3.05, 3.63) is 44.9 Å². The number of aryl methyl sites for hydroxylation is 1. The summed E-state index contributed by atoms with van der Waals surface area (Å²) in [7, 11) is 0. The smallest absolute Gasteiger partial charge is 0.280 e. The van der Waals surface area contributed by atoms with Gasteiger partial charge in [-0.1, -0.05) is 13.8 Å². The molecular weight excluding hydrogens is 338 g/mol. The predicted octanol–water partition coefficient (Wildman–Crippen LogP) is 6.05. The monoisotopic (exact) mass is 366 g/mol. The van der Waals surface area contributed by atoms with Gasteiger partial charge < -0.3 is 4.90 Å². The summed E-state index contributed by atoms with van der Waals surface area (Å²) >= 11 is 1.58. The number of nitrogens with zero attached hydrogens (tertiary/aromatic N) is 2. The quantitative estimate of drug-likeness (QED) is 0.537. The van der Waals surface area contributed by atoms with Crippen molar-refractivity contribution in [3.63, 3.8) is 0 Å². The van der Waals surface area contributed by atoms with Gasteiger partial charge in [0.2, 0.25) is 0 Å². The first kappa shape index (κ1) is 19.8. The summed E-state index contributed by atoms with van der Waals surface area (Å²) in [6.45, 7) is 9.84. The fourth-order valence-corrected chi connectivity index (χ4v) is 3.81. The minimum atomic E-state index is -2.55. The van der Waals surface area contributed by atoms with Crippen molar-refractivity contribution in [2.75, 3.05) is 13.1 Å². The van der Waals surface area contributed by atoms with Gasteiger partial charge in [0.1, 0.15) is 5.70 Å². The number of halogens is 2. The third kappa shape index (κ3) is 5.24. The molecule has 2 rings (SSSR count). The molecular formula is C20H28F2N2S. The first-order valence-corrected chi connectivity index (χ1v) is 9.91. The highest BCUT2D eigenvalue weighted by molar-refractivity contribution is 7.12. The molecule has 1 aliphatic heterocycles. The van der Waals surface area contributed by atoms with Gasteiger partial charge in [-0.3, -0.25) is 0 Å². The Hall–Kier alpha value is -1.49.